The first-order valence-electron chi connectivity index (χ1n) is 5.95. The van der Waals surface area contributed by atoms with E-state index in [9.17, 15) is 9.59 Å². The average Bonchev–Trinajstić information content (AvgIpc) is 2.51. The van der Waals surface area contributed by atoms with Gasteiger partial charge in [0.2, 0.25) is 0 Å². The molecule has 0 N–H and O–H groups in total. The number of ether oxygens (including phenoxy) is 4. The van der Waals surface area contributed by atoms with Gasteiger partial charge in [-0.2, -0.15) is 0 Å². The van der Waals surface area contributed by atoms with Crippen LogP contribution in [-0.2, 0) is 24.5 Å². The maximum Gasteiger partial charge on any atom is 0.327 e. The molecule has 7 heteroatoms. The van der Waals surface area contributed by atoms with Gasteiger partial charge < -0.3 is 18.9 Å². The molecule has 0 spiro atoms. The molecule has 116 valence electrons. The lowest BCUT2D eigenvalue weighted by atomic mass is 9.82. The first-order chi connectivity index (χ1) is 9.86. The van der Waals surface area contributed by atoms with Gasteiger partial charge in [0.15, 0.2) is 16.9 Å². The SMILES string of the molecule is COC(=O)C(C)(C(=O)OC)c1cc(OC)c(OC)cc1Br. The largest absolute Gasteiger partial charge is 0.493 e. The highest BCUT2D eigenvalue weighted by Crippen LogP contribution is 2.40. The summed E-state index contributed by atoms with van der Waals surface area (Å²) >= 11 is 3.33. The van der Waals surface area contributed by atoms with E-state index in [2.05, 4.69) is 15.9 Å². The summed E-state index contributed by atoms with van der Waals surface area (Å²) in [5.74, 6) is -0.621. The lowest BCUT2D eigenvalue weighted by molar-refractivity contribution is -0.161. The van der Waals surface area contributed by atoms with Crippen LogP contribution in [-0.4, -0.2) is 40.4 Å². The van der Waals surface area contributed by atoms with Gasteiger partial charge in [-0.05, 0) is 24.6 Å². The lowest BCUT2D eigenvalue weighted by Crippen LogP contribution is -2.43. The van der Waals surface area contributed by atoms with Gasteiger partial charge in [0, 0.05) is 4.47 Å². The van der Waals surface area contributed by atoms with Crippen LogP contribution in [0.15, 0.2) is 16.6 Å². The number of esters is 2. The molecule has 0 amide bonds. The summed E-state index contributed by atoms with van der Waals surface area (Å²) in [5, 5.41) is 0. The molecule has 0 aromatic heterocycles. The Balaban J connectivity index is 3.59. The fourth-order valence-electron chi connectivity index (χ4n) is 1.95. The molecule has 0 unspecified atom stereocenters. The summed E-state index contributed by atoms with van der Waals surface area (Å²) in [7, 11) is 5.36. The predicted octanol–water partition coefficient (Wildman–Crippen LogP) is 2.07. The molecular weight excluding hydrogens is 344 g/mol. The van der Waals surface area contributed by atoms with Crippen molar-refractivity contribution in [1.29, 1.82) is 0 Å². The number of methoxy groups -OCH3 is 4. The van der Waals surface area contributed by atoms with Crippen LogP contribution < -0.4 is 9.47 Å². The number of benzene rings is 1. The molecule has 0 fully saturated rings. The van der Waals surface area contributed by atoms with Gasteiger partial charge in [0.25, 0.3) is 0 Å². The topological polar surface area (TPSA) is 71.1 Å². The molecule has 0 aliphatic carbocycles. The highest BCUT2D eigenvalue weighted by atomic mass is 79.9. The minimum absolute atomic E-state index is 0.360. The van der Waals surface area contributed by atoms with Crippen molar-refractivity contribution < 1.29 is 28.5 Å². The standard InChI is InChI=1S/C14H17BrO6/c1-14(12(16)20-4,13(17)21-5)8-6-10(18-2)11(19-3)7-9(8)15/h6-7H,1-5H3. The summed E-state index contributed by atoms with van der Waals surface area (Å²) in [4.78, 5) is 24.2. The number of carbonyl (C=O) groups is 2. The van der Waals surface area contributed by atoms with Crippen LogP contribution in [0.1, 0.15) is 12.5 Å². The quantitative estimate of drug-likeness (QED) is 0.591. The molecular formula is C14H17BrO6. The molecule has 0 bridgehead atoms. The summed E-state index contributed by atoms with van der Waals surface area (Å²) in [6, 6.07) is 3.15. The zero-order valence-corrected chi connectivity index (χ0v) is 14.1. The lowest BCUT2D eigenvalue weighted by Gasteiger charge is -2.26. The second kappa shape index (κ2) is 6.80. The van der Waals surface area contributed by atoms with Gasteiger partial charge in [-0.3, -0.25) is 9.59 Å². The van der Waals surface area contributed by atoms with Crippen LogP contribution in [0.4, 0.5) is 0 Å². The van der Waals surface area contributed by atoms with E-state index in [4.69, 9.17) is 18.9 Å². The van der Waals surface area contributed by atoms with E-state index in [1.54, 1.807) is 6.07 Å². The van der Waals surface area contributed by atoms with Gasteiger partial charge in [-0.1, -0.05) is 15.9 Å². The molecule has 0 aliphatic heterocycles. The maximum atomic E-state index is 12.1. The van der Waals surface area contributed by atoms with Crippen molar-refractivity contribution in [2.24, 2.45) is 0 Å². The van der Waals surface area contributed by atoms with Crippen molar-refractivity contribution in [2.45, 2.75) is 12.3 Å². The zero-order valence-electron chi connectivity index (χ0n) is 12.5. The highest BCUT2D eigenvalue weighted by molar-refractivity contribution is 9.10. The highest BCUT2D eigenvalue weighted by Gasteiger charge is 2.47. The summed E-state index contributed by atoms with van der Waals surface area (Å²) in [6.07, 6.45) is 0. The van der Waals surface area contributed by atoms with Crippen LogP contribution in [0.2, 0.25) is 0 Å². The Labute approximate surface area is 131 Å². The van der Waals surface area contributed by atoms with E-state index < -0.39 is 17.4 Å². The molecule has 0 atom stereocenters. The van der Waals surface area contributed by atoms with Crippen molar-refractivity contribution in [3.63, 3.8) is 0 Å². The summed E-state index contributed by atoms with van der Waals surface area (Å²) in [5.41, 5.74) is -1.26. The normalized spacial score (nSPS) is 10.8. The third-order valence-electron chi connectivity index (χ3n) is 3.20. The first kappa shape index (κ1) is 17.3. The van der Waals surface area contributed by atoms with Crippen LogP contribution >= 0.6 is 15.9 Å². The second-order valence-electron chi connectivity index (χ2n) is 4.30. The van der Waals surface area contributed by atoms with E-state index in [-0.39, 0.29) is 0 Å². The fraction of sp³-hybridized carbons (Fsp3) is 0.429. The van der Waals surface area contributed by atoms with Gasteiger partial charge >= 0.3 is 11.9 Å². The molecule has 1 rings (SSSR count). The third kappa shape index (κ3) is 2.97. The molecule has 0 saturated heterocycles. The third-order valence-corrected chi connectivity index (χ3v) is 3.86. The Hall–Kier alpha value is -1.76. The van der Waals surface area contributed by atoms with Gasteiger partial charge in [-0.25, -0.2) is 0 Å². The molecule has 0 saturated carbocycles. The smallest absolute Gasteiger partial charge is 0.327 e. The molecule has 21 heavy (non-hydrogen) atoms. The van der Waals surface area contributed by atoms with Crippen molar-refractivity contribution in [1.82, 2.24) is 0 Å². The minimum atomic E-state index is -1.62. The monoisotopic (exact) mass is 360 g/mol. The van der Waals surface area contributed by atoms with Crippen LogP contribution in [0.5, 0.6) is 11.5 Å². The van der Waals surface area contributed by atoms with Crippen molar-refractivity contribution in [3.8, 4) is 11.5 Å². The summed E-state index contributed by atoms with van der Waals surface area (Å²) in [6.45, 7) is 1.43. The number of hydrogen-bond donors (Lipinski definition) is 0. The van der Waals surface area contributed by atoms with Crippen molar-refractivity contribution in [3.05, 3.63) is 22.2 Å². The van der Waals surface area contributed by atoms with Crippen LogP contribution in [0.3, 0.4) is 0 Å². The molecule has 1 aromatic rings. The maximum absolute atomic E-state index is 12.1. The number of carbonyl (C=O) groups excluding carboxylic acids is 2. The van der Waals surface area contributed by atoms with Crippen LogP contribution in [0.25, 0.3) is 0 Å². The first-order valence-corrected chi connectivity index (χ1v) is 6.74. The molecule has 0 heterocycles. The zero-order chi connectivity index (χ0) is 16.2. The Bertz CT molecular complexity index is 539. The van der Waals surface area contributed by atoms with Crippen LogP contribution in [0, 0.1) is 0 Å². The number of halogens is 1. The number of rotatable bonds is 5. The molecule has 1 aromatic carbocycles. The van der Waals surface area contributed by atoms with E-state index in [0.29, 0.717) is 21.5 Å². The Morgan fingerprint density at radius 2 is 1.38 bits per heavy atom. The van der Waals surface area contributed by atoms with E-state index in [1.807, 2.05) is 0 Å². The predicted molar refractivity (Wildman–Crippen MR) is 78.6 cm³/mol. The average molecular weight is 361 g/mol. The van der Waals surface area contributed by atoms with E-state index in [1.165, 1.54) is 41.4 Å². The fourth-order valence-corrected chi connectivity index (χ4v) is 2.67. The molecule has 0 aliphatic rings. The minimum Gasteiger partial charge on any atom is -0.493 e. The molecule has 6 nitrogen and oxygen atoms in total. The van der Waals surface area contributed by atoms with Gasteiger partial charge in [0.05, 0.1) is 28.4 Å². The molecule has 0 radical (unpaired) electrons. The summed E-state index contributed by atoms with van der Waals surface area (Å²) < 4.78 is 20.4. The van der Waals surface area contributed by atoms with Gasteiger partial charge in [0.1, 0.15) is 0 Å². The Morgan fingerprint density at radius 1 is 0.952 bits per heavy atom. The van der Waals surface area contributed by atoms with Crippen molar-refractivity contribution >= 4 is 27.9 Å². The number of hydrogen-bond acceptors (Lipinski definition) is 6. The van der Waals surface area contributed by atoms with E-state index >= 15 is 0 Å². The van der Waals surface area contributed by atoms with Gasteiger partial charge in [-0.15, -0.1) is 0 Å². The second-order valence-corrected chi connectivity index (χ2v) is 5.15. The Kier molecular flexibility index (Phi) is 5.60. The Morgan fingerprint density at radius 3 is 1.76 bits per heavy atom. The van der Waals surface area contributed by atoms with Crippen molar-refractivity contribution in [2.75, 3.05) is 28.4 Å². The van der Waals surface area contributed by atoms with E-state index in [0.717, 1.165) is 0 Å².